The molecule has 5 nitrogen and oxygen atoms in total. The first-order valence-electron chi connectivity index (χ1n) is 12.3. The summed E-state index contributed by atoms with van der Waals surface area (Å²) < 4.78 is 2.10. The molecular weight excluding hydrogens is 493 g/mol. The molecule has 1 amide bonds. The monoisotopic (exact) mass is 521 g/mol. The Morgan fingerprint density at radius 3 is 2.44 bits per heavy atom. The van der Waals surface area contributed by atoms with E-state index in [1.807, 2.05) is 72.6 Å². The molecule has 0 aliphatic carbocycles. The first-order chi connectivity index (χ1) is 17.3. The minimum absolute atomic E-state index is 0.107. The number of aromatic nitrogens is 2. The molecule has 2 aromatic carbocycles. The SMILES string of the molecule is Cn1c(-c2ccc(Cl)cc2)c(CCC(=O)N2CCC(O)(Cc3ccccc3)CC2)c2cc(Cl)ncc21. The van der Waals surface area contributed by atoms with Crippen LogP contribution in [0.5, 0.6) is 0 Å². The fourth-order valence-electron chi connectivity index (χ4n) is 5.33. The van der Waals surface area contributed by atoms with Gasteiger partial charge in [0.25, 0.3) is 0 Å². The number of nitrogens with zero attached hydrogens (tertiary/aromatic N) is 3. The molecule has 1 N–H and O–H groups in total. The molecule has 4 aromatic rings. The van der Waals surface area contributed by atoms with Crippen LogP contribution in [0.1, 0.15) is 30.4 Å². The molecule has 5 rings (SSSR count). The molecule has 0 radical (unpaired) electrons. The number of aryl methyl sites for hydroxylation is 2. The number of fused-ring (bicyclic) bond motifs is 1. The summed E-state index contributed by atoms with van der Waals surface area (Å²) in [6.45, 7) is 1.13. The summed E-state index contributed by atoms with van der Waals surface area (Å²) in [7, 11) is 2.01. The van der Waals surface area contributed by atoms with Crippen molar-refractivity contribution in [2.45, 2.75) is 37.7 Å². The Bertz CT molecular complexity index is 1380. The zero-order valence-corrected chi connectivity index (χ0v) is 21.8. The predicted octanol–water partition coefficient (Wildman–Crippen LogP) is 6.08. The summed E-state index contributed by atoms with van der Waals surface area (Å²) in [5.74, 6) is 0.107. The molecule has 0 unspecified atom stereocenters. The fourth-order valence-corrected chi connectivity index (χ4v) is 5.61. The molecule has 186 valence electrons. The van der Waals surface area contributed by atoms with Gasteiger partial charge in [0.15, 0.2) is 0 Å². The largest absolute Gasteiger partial charge is 0.389 e. The maximum atomic E-state index is 13.2. The predicted molar refractivity (Wildman–Crippen MR) is 145 cm³/mol. The normalized spacial score (nSPS) is 15.4. The molecule has 36 heavy (non-hydrogen) atoms. The third kappa shape index (κ3) is 5.15. The third-order valence-electron chi connectivity index (χ3n) is 7.29. The van der Waals surface area contributed by atoms with Crippen LogP contribution in [0.4, 0.5) is 0 Å². The van der Waals surface area contributed by atoms with Crippen LogP contribution in [0, 0.1) is 0 Å². The van der Waals surface area contributed by atoms with Crippen LogP contribution >= 0.6 is 23.2 Å². The second kappa shape index (κ2) is 10.3. The molecule has 0 spiro atoms. The highest BCUT2D eigenvalue weighted by molar-refractivity contribution is 6.30. The van der Waals surface area contributed by atoms with Gasteiger partial charge >= 0.3 is 0 Å². The molecule has 0 saturated carbocycles. The van der Waals surface area contributed by atoms with Crippen molar-refractivity contribution >= 4 is 40.0 Å². The molecule has 7 heteroatoms. The minimum atomic E-state index is -0.765. The van der Waals surface area contributed by atoms with Gasteiger partial charge in [0.2, 0.25) is 5.91 Å². The number of carbonyl (C=O) groups is 1. The van der Waals surface area contributed by atoms with Crippen LogP contribution in [0.25, 0.3) is 22.2 Å². The lowest BCUT2D eigenvalue weighted by atomic mass is 9.85. The van der Waals surface area contributed by atoms with Crippen LogP contribution in [-0.2, 0) is 24.7 Å². The number of hydrogen-bond acceptors (Lipinski definition) is 3. The molecule has 1 aliphatic heterocycles. The highest BCUT2D eigenvalue weighted by atomic mass is 35.5. The third-order valence-corrected chi connectivity index (χ3v) is 7.75. The molecule has 2 aromatic heterocycles. The van der Waals surface area contributed by atoms with E-state index in [9.17, 15) is 9.90 Å². The molecule has 1 fully saturated rings. The van der Waals surface area contributed by atoms with E-state index >= 15 is 0 Å². The molecule has 1 saturated heterocycles. The van der Waals surface area contributed by atoms with Crippen molar-refractivity contribution < 1.29 is 9.90 Å². The van der Waals surface area contributed by atoms with Crippen molar-refractivity contribution in [3.8, 4) is 11.3 Å². The number of carbonyl (C=O) groups excluding carboxylic acids is 1. The topological polar surface area (TPSA) is 58.4 Å². The average molecular weight is 522 g/mol. The first kappa shape index (κ1) is 24.8. The Morgan fingerprint density at radius 1 is 1.06 bits per heavy atom. The van der Waals surface area contributed by atoms with E-state index in [2.05, 4.69) is 9.55 Å². The van der Waals surface area contributed by atoms with E-state index < -0.39 is 5.60 Å². The minimum Gasteiger partial charge on any atom is -0.389 e. The Labute approximate surface area is 221 Å². The first-order valence-corrected chi connectivity index (χ1v) is 13.0. The lowest BCUT2D eigenvalue weighted by Crippen LogP contribution is -2.47. The van der Waals surface area contributed by atoms with Gasteiger partial charge in [-0.05, 0) is 54.2 Å². The quantitative estimate of drug-likeness (QED) is 0.313. The van der Waals surface area contributed by atoms with E-state index in [0.29, 0.717) is 55.4 Å². The van der Waals surface area contributed by atoms with E-state index in [1.165, 1.54) is 0 Å². The van der Waals surface area contributed by atoms with Gasteiger partial charge in [0.05, 0.1) is 23.0 Å². The molecule has 3 heterocycles. The van der Waals surface area contributed by atoms with Crippen LogP contribution < -0.4 is 0 Å². The van der Waals surface area contributed by atoms with Gasteiger partial charge < -0.3 is 14.6 Å². The molecule has 0 atom stereocenters. The van der Waals surface area contributed by atoms with E-state index in [1.54, 1.807) is 6.20 Å². The number of likely N-dealkylation sites (tertiary alicyclic amines) is 1. The van der Waals surface area contributed by atoms with Crippen LogP contribution in [0.2, 0.25) is 10.2 Å². The van der Waals surface area contributed by atoms with Crippen molar-refractivity contribution in [3.63, 3.8) is 0 Å². The Kier molecular flexibility index (Phi) is 7.07. The lowest BCUT2D eigenvalue weighted by molar-refractivity contribution is -0.135. The number of piperidine rings is 1. The van der Waals surface area contributed by atoms with Crippen molar-refractivity contribution in [2.75, 3.05) is 13.1 Å². The summed E-state index contributed by atoms with van der Waals surface area (Å²) in [6.07, 6.45) is 4.53. The fraction of sp³-hybridized carbons (Fsp3) is 0.310. The van der Waals surface area contributed by atoms with E-state index in [-0.39, 0.29) is 5.91 Å². The Morgan fingerprint density at radius 2 is 1.75 bits per heavy atom. The van der Waals surface area contributed by atoms with Gasteiger partial charge in [0, 0.05) is 43.4 Å². The van der Waals surface area contributed by atoms with Gasteiger partial charge in [-0.25, -0.2) is 4.98 Å². The van der Waals surface area contributed by atoms with Crippen molar-refractivity contribution in [2.24, 2.45) is 7.05 Å². The maximum Gasteiger partial charge on any atom is 0.222 e. The van der Waals surface area contributed by atoms with Crippen LogP contribution in [0.3, 0.4) is 0 Å². The van der Waals surface area contributed by atoms with Gasteiger partial charge in [-0.3, -0.25) is 4.79 Å². The molecule has 0 bridgehead atoms. The van der Waals surface area contributed by atoms with E-state index in [4.69, 9.17) is 23.2 Å². The zero-order valence-electron chi connectivity index (χ0n) is 20.3. The highest BCUT2D eigenvalue weighted by Gasteiger charge is 2.34. The Hall–Kier alpha value is -2.86. The van der Waals surface area contributed by atoms with Gasteiger partial charge in [0.1, 0.15) is 5.15 Å². The summed E-state index contributed by atoms with van der Waals surface area (Å²) in [6, 6.07) is 19.7. The van der Waals surface area contributed by atoms with Crippen molar-refractivity contribution in [3.05, 3.63) is 88.2 Å². The number of amides is 1. The number of rotatable bonds is 6. The van der Waals surface area contributed by atoms with E-state index in [0.717, 1.165) is 33.3 Å². The van der Waals surface area contributed by atoms with Gasteiger partial charge in [-0.1, -0.05) is 65.7 Å². The number of halogens is 2. The van der Waals surface area contributed by atoms with Crippen LogP contribution in [0.15, 0.2) is 66.9 Å². The number of pyridine rings is 1. The molecule has 1 aliphatic rings. The van der Waals surface area contributed by atoms with Gasteiger partial charge in [-0.2, -0.15) is 0 Å². The maximum absolute atomic E-state index is 13.2. The summed E-state index contributed by atoms with van der Waals surface area (Å²) in [5.41, 5.74) is 4.47. The molecular formula is C29H29Cl2N3O2. The zero-order chi connectivity index (χ0) is 25.3. The number of hydrogen-bond donors (Lipinski definition) is 1. The standard InChI is InChI=1S/C29H29Cl2N3O2/c1-33-25-19-32-26(31)17-24(25)23(28(33)21-7-9-22(30)10-8-21)11-12-27(35)34-15-13-29(36,14-16-34)18-20-5-3-2-4-6-20/h2-10,17,19,36H,11-16,18H2,1H3. The van der Waals surface area contributed by atoms with Crippen molar-refractivity contribution in [1.29, 1.82) is 0 Å². The van der Waals surface area contributed by atoms with Gasteiger partial charge in [-0.15, -0.1) is 0 Å². The van der Waals surface area contributed by atoms with Crippen molar-refractivity contribution in [1.82, 2.24) is 14.5 Å². The average Bonchev–Trinajstić information content (AvgIpc) is 3.14. The second-order valence-corrected chi connectivity index (χ2v) is 10.5. The summed E-state index contributed by atoms with van der Waals surface area (Å²) in [5, 5.41) is 13.2. The van der Waals surface area contributed by atoms with Crippen LogP contribution in [-0.4, -0.2) is 44.2 Å². The lowest BCUT2D eigenvalue weighted by Gasteiger charge is -2.38. The number of benzene rings is 2. The number of aliphatic hydroxyl groups is 1. The Balaban J connectivity index is 1.32. The summed E-state index contributed by atoms with van der Waals surface area (Å²) >= 11 is 12.4. The smallest absolute Gasteiger partial charge is 0.222 e. The summed E-state index contributed by atoms with van der Waals surface area (Å²) in [4.78, 5) is 19.4. The highest BCUT2D eigenvalue weighted by Crippen LogP contribution is 2.35. The second-order valence-electron chi connectivity index (χ2n) is 9.68.